The van der Waals surface area contributed by atoms with Gasteiger partial charge >= 0.3 is 5.97 Å². The van der Waals surface area contributed by atoms with Crippen LogP contribution in [0.15, 0.2) is 21.2 Å². The van der Waals surface area contributed by atoms with Crippen LogP contribution >= 0.6 is 11.3 Å². The van der Waals surface area contributed by atoms with Crippen LogP contribution in [0.3, 0.4) is 0 Å². The minimum absolute atomic E-state index is 0.112. The zero-order chi connectivity index (χ0) is 16.7. The lowest BCUT2D eigenvalue weighted by Crippen LogP contribution is -2.40. The molecule has 2 N–H and O–H groups in total. The van der Waals surface area contributed by atoms with Crippen molar-refractivity contribution >= 4 is 23.2 Å². The molecule has 0 aliphatic carbocycles. The second-order valence-corrected chi connectivity index (χ2v) is 5.89. The van der Waals surface area contributed by atoms with E-state index in [-0.39, 0.29) is 18.7 Å². The molecule has 1 amide bonds. The van der Waals surface area contributed by atoms with Crippen molar-refractivity contribution in [3.63, 3.8) is 0 Å². The van der Waals surface area contributed by atoms with Crippen LogP contribution in [0.4, 0.5) is 0 Å². The highest BCUT2D eigenvalue weighted by Gasteiger charge is 2.19. The van der Waals surface area contributed by atoms with Crippen LogP contribution in [0.5, 0.6) is 0 Å². The molecule has 0 spiro atoms. The Labute approximate surface area is 137 Å². The number of nitrogens with zero attached hydrogens (tertiary/aromatic N) is 2. The molecule has 0 bridgehead atoms. The number of aryl methyl sites for hydroxylation is 1. The molecule has 0 saturated heterocycles. The maximum absolute atomic E-state index is 11.9. The summed E-state index contributed by atoms with van der Waals surface area (Å²) in [6, 6.07) is 1.03. The zero-order valence-electron chi connectivity index (χ0n) is 12.8. The number of aliphatic carboxylic acids is 1. The lowest BCUT2D eigenvalue weighted by atomic mass is 10.1. The third kappa shape index (κ3) is 5.17. The molecular formula is C15H19N3O4S. The normalized spacial score (nSPS) is 12.0. The summed E-state index contributed by atoms with van der Waals surface area (Å²) in [6.45, 7) is 1.97. The van der Waals surface area contributed by atoms with E-state index < -0.39 is 12.0 Å². The fourth-order valence-electron chi connectivity index (χ4n) is 2.01. The second kappa shape index (κ2) is 8.42. The first-order valence-corrected chi connectivity index (χ1v) is 8.41. The van der Waals surface area contributed by atoms with Crippen LogP contribution in [0.2, 0.25) is 0 Å². The van der Waals surface area contributed by atoms with Crippen LogP contribution in [0, 0.1) is 0 Å². The van der Waals surface area contributed by atoms with E-state index in [9.17, 15) is 9.59 Å². The minimum Gasteiger partial charge on any atom is -0.480 e. The number of amides is 1. The minimum atomic E-state index is -1.01. The first kappa shape index (κ1) is 17.1. The van der Waals surface area contributed by atoms with E-state index in [4.69, 9.17) is 9.52 Å². The fraction of sp³-hybridized carbons (Fsp3) is 0.467. The number of unbranched alkanes of at least 4 members (excludes halogenated alkanes) is 1. The van der Waals surface area contributed by atoms with E-state index in [0.29, 0.717) is 18.2 Å². The lowest BCUT2D eigenvalue weighted by molar-refractivity contribution is -0.142. The number of carbonyl (C=O) groups excluding carboxylic acids is 1. The molecule has 2 aromatic rings. The number of thiophene rings is 1. The van der Waals surface area contributed by atoms with E-state index in [1.807, 2.05) is 23.8 Å². The number of carboxylic acid groups (broad SMARTS) is 1. The van der Waals surface area contributed by atoms with E-state index in [0.717, 1.165) is 18.4 Å². The second-order valence-electron chi connectivity index (χ2n) is 5.11. The number of rotatable bonds is 9. The Bertz CT molecular complexity index is 639. The summed E-state index contributed by atoms with van der Waals surface area (Å²) in [5.41, 5.74) is 0.851. The molecule has 0 fully saturated rings. The summed E-state index contributed by atoms with van der Waals surface area (Å²) in [4.78, 5) is 23.0. The molecule has 1 atom stereocenters. The van der Waals surface area contributed by atoms with Crippen molar-refractivity contribution in [1.82, 2.24) is 15.5 Å². The van der Waals surface area contributed by atoms with Gasteiger partial charge in [0.05, 0.1) is 0 Å². The summed E-state index contributed by atoms with van der Waals surface area (Å²) in [5.74, 6) is -0.553. The van der Waals surface area contributed by atoms with Gasteiger partial charge in [-0.05, 0) is 17.9 Å². The molecule has 23 heavy (non-hydrogen) atoms. The largest absolute Gasteiger partial charge is 0.480 e. The van der Waals surface area contributed by atoms with Crippen LogP contribution in [0.1, 0.15) is 38.5 Å². The van der Waals surface area contributed by atoms with Crippen LogP contribution in [-0.4, -0.2) is 33.2 Å². The first-order chi connectivity index (χ1) is 11.1. The van der Waals surface area contributed by atoms with E-state index in [1.165, 1.54) is 11.3 Å². The third-order valence-electron chi connectivity index (χ3n) is 3.28. The molecule has 0 saturated carbocycles. The molecule has 7 nitrogen and oxygen atoms in total. The van der Waals surface area contributed by atoms with Crippen molar-refractivity contribution < 1.29 is 19.1 Å². The molecular weight excluding hydrogens is 318 g/mol. The van der Waals surface area contributed by atoms with Gasteiger partial charge in [0.25, 0.3) is 0 Å². The van der Waals surface area contributed by atoms with Gasteiger partial charge < -0.3 is 14.8 Å². The van der Waals surface area contributed by atoms with Gasteiger partial charge in [-0.3, -0.25) is 4.79 Å². The monoisotopic (exact) mass is 337 g/mol. The van der Waals surface area contributed by atoms with Gasteiger partial charge in [0, 0.05) is 23.8 Å². The molecule has 2 heterocycles. The quantitative estimate of drug-likeness (QED) is 0.728. The number of hydrogen-bond donors (Lipinski definition) is 2. The van der Waals surface area contributed by atoms with Crippen molar-refractivity contribution in [3.8, 4) is 11.5 Å². The Morgan fingerprint density at radius 2 is 2.26 bits per heavy atom. The van der Waals surface area contributed by atoms with Gasteiger partial charge in [0.2, 0.25) is 17.7 Å². The molecule has 2 aromatic heterocycles. The van der Waals surface area contributed by atoms with Crippen molar-refractivity contribution in [2.45, 2.75) is 45.1 Å². The van der Waals surface area contributed by atoms with E-state index >= 15 is 0 Å². The Morgan fingerprint density at radius 3 is 2.91 bits per heavy atom. The predicted octanol–water partition coefficient (Wildman–Crippen LogP) is 2.49. The Balaban J connectivity index is 1.83. The van der Waals surface area contributed by atoms with Crippen molar-refractivity contribution in [2.24, 2.45) is 0 Å². The summed E-state index contributed by atoms with van der Waals surface area (Å²) in [5, 5.41) is 23.3. The lowest BCUT2D eigenvalue weighted by Gasteiger charge is -2.13. The topological polar surface area (TPSA) is 105 Å². The maximum Gasteiger partial charge on any atom is 0.326 e. The van der Waals surface area contributed by atoms with E-state index in [2.05, 4.69) is 15.5 Å². The van der Waals surface area contributed by atoms with Gasteiger partial charge in [-0.2, -0.15) is 11.3 Å². The number of aromatic nitrogens is 2. The molecule has 0 aliphatic heterocycles. The van der Waals surface area contributed by atoms with Crippen molar-refractivity contribution in [3.05, 3.63) is 22.7 Å². The number of carbonyl (C=O) groups is 2. The zero-order valence-corrected chi connectivity index (χ0v) is 13.6. The molecule has 124 valence electrons. The molecule has 0 aliphatic rings. The van der Waals surface area contributed by atoms with Crippen LogP contribution in [0.25, 0.3) is 11.5 Å². The number of hydrogen-bond acceptors (Lipinski definition) is 6. The summed E-state index contributed by atoms with van der Waals surface area (Å²) in [6.07, 6.45) is 2.46. The summed E-state index contributed by atoms with van der Waals surface area (Å²) < 4.78 is 5.48. The molecule has 0 aromatic carbocycles. The number of carboxylic acids is 1. The highest BCUT2D eigenvalue weighted by Crippen LogP contribution is 2.20. The highest BCUT2D eigenvalue weighted by atomic mass is 32.1. The molecule has 0 radical (unpaired) electrons. The van der Waals surface area contributed by atoms with Crippen LogP contribution < -0.4 is 5.32 Å². The fourth-order valence-corrected chi connectivity index (χ4v) is 2.64. The third-order valence-corrected chi connectivity index (χ3v) is 3.96. The standard InChI is InChI=1S/C15H19N3O4S/c1-2-3-4-11(15(20)21)16-12(19)5-6-13-17-18-14(22-13)10-7-8-23-9-10/h7-9,11H,2-6H2,1H3,(H,16,19)(H,20,21). The van der Waals surface area contributed by atoms with Crippen molar-refractivity contribution in [2.75, 3.05) is 0 Å². The smallest absolute Gasteiger partial charge is 0.326 e. The molecule has 8 heteroatoms. The summed E-state index contributed by atoms with van der Waals surface area (Å²) >= 11 is 1.53. The van der Waals surface area contributed by atoms with Gasteiger partial charge in [0.1, 0.15) is 6.04 Å². The van der Waals surface area contributed by atoms with Gasteiger partial charge in [-0.1, -0.05) is 19.8 Å². The van der Waals surface area contributed by atoms with Gasteiger partial charge in [0.15, 0.2) is 0 Å². The molecule has 2 rings (SSSR count). The summed E-state index contributed by atoms with van der Waals surface area (Å²) in [7, 11) is 0. The maximum atomic E-state index is 11.9. The first-order valence-electron chi connectivity index (χ1n) is 7.47. The Morgan fingerprint density at radius 1 is 1.43 bits per heavy atom. The van der Waals surface area contributed by atoms with Gasteiger partial charge in [-0.15, -0.1) is 10.2 Å². The molecule has 1 unspecified atom stereocenters. The van der Waals surface area contributed by atoms with E-state index in [1.54, 1.807) is 0 Å². The predicted molar refractivity (Wildman–Crippen MR) is 85.0 cm³/mol. The van der Waals surface area contributed by atoms with Crippen LogP contribution in [-0.2, 0) is 16.0 Å². The number of nitrogens with one attached hydrogen (secondary N) is 1. The average Bonchev–Trinajstić information content (AvgIpc) is 3.19. The Kier molecular flexibility index (Phi) is 6.28. The van der Waals surface area contributed by atoms with Crippen molar-refractivity contribution in [1.29, 1.82) is 0 Å². The van der Waals surface area contributed by atoms with Gasteiger partial charge in [-0.25, -0.2) is 4.79 Å². The highest BCUT2D eigenvalue weighted by molar-refractivity contribution is 7.08. The average molecular weight is 337 g/mol. The SMILES string of the molecule is CCCCC(NC(=O)CCc1nnc(-c2ccsc2)o1)C(=O)O. The Hall–Kier alpha value is -2.22.